The third-order valence-corrected chi connectivity index (χ3v) is 4.03. The molecule has 4 nitrogen and oxygen atoms in total. The normalized spacial score (nSPS) is 23.1. The van der Waals surface area contributed by atoms with Crippen LogP contribution in [0.15, 0.2) is 27.6 Å². The van der Waals surface area contributed by atoms with Crippen LogP contribution in [0.25, 0.3) is 0 Å². The van der Waals surface area contributed by atoms with Gasteiger partial charge in [-0.3, -0.25) is 9.59 Å². The average molecular weight is 327 g/mol. The van der Waals surface area contributed by atoms with Crippen molar-refractivity contribution in [1.29, 1.82) is 0 Å². The quantitative estimate of drug-likeness (QED) is 0.926. The zero-order valence-electron chi connectivity index (χ0n) is 11.1. The Bertz CT molecular complexity index is 512. The van der Waals surface area contributed by atoms with Crippen molar-refractivity contribution < 1.29 is 4.79 Å². The molecule has 0 saturated heterocycles. The van der Waals surface area contributed by atoms with Crippen molar-refractivity contribution in [2.24, 2.45) is 5.92 Å². The van der Waals surface area contributed by atoms with E-state index in [9.17, 15) is 9.59 Å². The van der Waals surface area contributed by atoms with Gasteiger partial charge in [0.1, 0.15) is 6.54 Å². The van der Waals surface area contributed by atoms with Crippen LogP contribution in [0.1, 0.15) is 32.6 Å². The van der Waals surface area contributed by atoms with E-state index in [1.165, 1.54) is 23.5 Å². The lowest BCUT2D eigenvalue weighted by Crippen LogP contribution is -2.40. The molecule has 1 aromatic rings. The van der Waals surface area contributed by atoms with E-state index in [0.29, 0.717) is 5.92 Å². The largest absolute Gasteiger partial charge is 0.352 e. The first kappa shape index (κ1) is 14.3. The minimum Gasteiger partial charge on any atom is -0.352 e. The van der Waals surface area contributed by atoms with Gasteiger partial charge in [0.05, 0.1) is 0 Å². The van der Waals surface area contributed by atoms with Crippen LogP contribution in [0.3, 0.4) is 0 Å². The monoisotopic (exact) mass is 326 g/mol. The molecule has 1 N–H and O–H groups in total. The fraction of sp³-hybridized carbons (Fsp3) is 0.571. The first-order chi connectivity index (χ1) is 9.04. The Kier molecular flexibility index (Phi) is 4.80. The lowest BCUT2D eigenvalue weighted by atomic mass is 9.87. The summed E-state index contributed by atoms with van der Waals surface area (Å²) in [4.78, 5) is 23.6. The Morgan fingerprint density at radius 3 is 3.00 bits per heavy atom. The molecule has 0 bridgehead atoms. The van der Waals surface area contributed by atoms with Crippen molar-refractivity contribution in [3.8, 4) is 0 Å². The lowest BCUT2D eigenvalue weighted by Gasteiger charge is -2.27. The van der Waals surface area contributed by atoms with Crippen molar-refractivity contribution in [2.75, 3.05) is 0 Å². The molecule has 19 heavy (non-hydrogen) atoms. The van der Waals surface area contributed by atoms with Gasteiger partial charge in [0.25, 0.3) is 5.56 Å². The average Bonchev–Trinajstić information content (AvgIpc) is 2.34. The van der Waals surface area contributed by atoms with E-state index in [4.69, 9.17) is 0 Å². The molecule has 1 aliphatic carbocycles. The smallest absolute Gasteiger partial charge is 0.251 e. The number of halogens is 1. The molecule has 0 aliphatic heterocycles. The summed E-state index contributed by atoms with van der Waals surface area (Å²) in [5.41, 5.74) is -0.157. The lowest BCUT2D eigenvalue weighted by molar-refractivity contribution is -0.122. The van der Waals surface area contributed by atoms with Crippen LogP contribution in [0.4, 0.5) is 0 Å². The van der Waals surface area contributed by atoms with Crippen molar-refractivity contribution in [3.05, 3.63) is 33.2 Å². The van der Waals surface area contributed by atoms with Gasteiger partial charge in [0.15, 0.2) is 0 Å². The number of nitrogens with zero attached hydrogens (tertiary/aromatic N) is 1. The van der Waals surface area contributed by atoms with Crippen molar-refractivity contribution in [1.82, 2.24) is 9.88 Å². The summed E-state index contributed by atoms with van der Waals surface area (Å²) >= 11 is 3.30. The van der Waals surface area contributed by atoms with Crippen LogP contribution < -0.4 is 10.9 Å². The van der Waals surface area contributed by atoms with Crippen LogP contribution in [-0.4, -0.2) is 16.5 Å². The molecule has 0 aromatic carbocycles. The second-order valence-corrected chi connectivity index (χ2v) is 6.27. The predicted molar refractivity (Wildman–Crippen MR) is 78.0 cm³/mol. The van der Waals surface area contributed by atoms with E-state index in [2.05, 4.69) is 28.2 Å². The molecule has 1 heterocycles. The van der Waals surface area contributed by atoms with Gasteiger partial charge in [-0.05, 0) is 40.8 Å². The summed E-state index contributed by atoms with van der Waals surface area (Å²) in [6.07, 6.45) is 6.15. The van der Waals surface area contributed by atoms with E-state index in [1.807, 2.05) is 0 Å². The summed E-state index contributed by atoms with van der Waals surface area (Å²) in [5, 5.41) is 3.03. The van der Waals surface area contributed by atoms with Crippen molar-refractivity contribution in [2.45, 2.75) is 45.2 Å². The highest BCUT2D eigenvalue weighted by Gasteiger charge is 2.20. The zero-order valence-corrected chi connectivity index (χ0v) is 12.6. The number of rotatable bonds is 3. The number of aromatic nitrogens is 1. The number of carbonyl (C=O) groups is 1. The van der Waals surface area contributed by atoms with E-state index in [0.717, 1.165) is 17.3 Å². The van der Waals surface area contributed by atoms with Crippen LogP contribution >= 0.6 is 15.9 Å². The van der Waals surface area contributed by atoms with Crippen LogP contribution in [0.5, 0.6) is 0 Å². The Morgan fingerprint density at radius 1 is 1.47 bits per heavy atom. The van der Waals surface area contributed by atoms with Crippen LogP contribution in [-0.2, 0) is 11.3 Å². The van der Waals surface area contributed by atoms with Gasteiger partial charge in [0.2, 0.25) is 5.91 Å². The maximum absolute atomic E-state index is 12.0. The number of amides is 1. The van der Waals surface area contributed by atoms with Gasteiger partial charge in [0, 0.05) is 22.8 Å². The van der Waals surface area contributed by atoms with E-state index < -0.39 is 0 Å². The summed E-state index contributed by atoms with van der Waals surface area (Å²) < 4.78 is 2.22. The minimum absolute atomic E-state index is 0.0840. The maximum atomic E-state index is 12.0. The van der Waals surface area contributed by atoms with Crippen LogP contribution in [0, 0.1) is 5.92 Å². The molecule has 2 atom stereocenters. The first-order valence-electron chi connectivity index (χ1n) is 6.70. The second kappa shape index (κ2) is 6.37. The fourth-order valence-corrected chi connectivity index (χ4v) is 3.00. The molecule has 104 valence electrons. The first-order valence-corrected chi connectivity index (χ1v) is 7.49. The molecule has 1 amide bonds. The van der Waals surface area contributed by atoms with Crippen molar-refractivity contribution in [3.63, 3.8) is 0 Å². The maximum Gasteiger partial charge on any atom is 0.251 e. The topological polar surface area (TPSA) is 51.1 Å². The van der Waals surface area contributed by atoms with Gasteiger partial charge < -0.3 is 9.88 Å². The minimum atomic E-state index is -0.157. The predicted octanol–water partition coefficient (Wildman–Crippen LogP) is 2.31. The highest BCUT2D eigenvalue weighted by Crippen LogP contribution is 2.23. The summed E-state index contributed by atoms with van der Waals surface area (Å²) in [5.74, 6) is 0.590. The number of carbonyl (C=O) groups excluding carboxylic acids is 1. The van der Waals surface area contributed by atoms with E-state index >= 15 is 0 Å². The van der Waals surface area contributed by atoms with E-state index in [1.54, 1.807) is 12.3 Å². The molecular formula is C14H19BrN2O2. The standard InChI is InChI=1S/C14H19BrN2O2/c1-10-3-2-4-12(7-10)16-13(18)9-17-8-11(15)5-6-14(17)19/h5-6,8,10,12H,2-4,7,9H2,1H3,(H,16,18)/t10-,12-/m0/s1. The Labute approximate surface area is 121 Å². The van der Waals surface area contributed by atoms with Gasteiger partial charge in [-0.2, -0.15) is 0 Å². The van der Waals surface area contributed by atoms with Gasteiger partial charge >= 0.3 is 0 Å². The molecule has 1 fully saturated rings. The molecule has 5 heteroatoms. The van der Waals surface area contributed by atoms with E-state index in [-0.39, 0.29) is 24.1 Å². The second-order valence-electron chi connectivity index (χ2n) is 5.35. The summed E-state index contributed by atoms with van der Waals surface area (Å²) in [7, 11) is 0. The number of hydrogen-bond donors (Lipinski definition) is 1. The molecule has 1 aliphatic rings. The number of hydrogen-bond acceptors (Lipinski definition) is 2. The molecule has 1 saturated carbocycles. The highest BCUT2D eigenvalue weighted by molar-refractivity contribution is 9.10. The molecular weight excluding hydrogens is 308 g/mol. The SMILES string of the molecule is C[C@H]1CCC[C@H](NC(=O)Cn2cc(Br)ccc2=O)C1. The molecule has 0 radical (unpaired) electrons. The Morgan fingerprint density at radius 2 is 2.26 bits per heavy atom. The molecule has 0 unspecified atom stereocenters. The molecule has 1 aromatic heterocycles. The summed E-state index contributed by atoms with van der Waals surface area (Å²) in [6, 6.07) is 3.40. The Hall–Kier alpha value is -1.10. The fourth-order valence-electron chi connectivity index (χ4n) is 2.62. The zero-order chi connectivity index (χ0) is 13.8. The third-order valence-electron chi connectivity index (χ3n) is 3.56. The molecule has 2 rings (SSSR count). The highest BCUT2D eigenvalue weighted by atomic mass is 79.9. The summed E-state index contributed by atoms with van der Waals surface area (Å²) in [6.45, 7) is 2.31. The van der Waals surface area contributed by atoms with Gasteiger partial charge in [-0.1, -0.05) is 19.8 Å². The van der Waals surface area contributed by atoms with Gasteiger partial charge in [-0.15, -0.1) is 0 Å². The van der Waals surface area contributed by atoms with Gasteiger partial charge in [-0.25, -0.2) is 0 Å². The number of pyridine rings is 1. The van der Waals surface area contributed by atoms with Crippen molar-refractivity contribution >= 4 is 21.8 Å². The van der Waals surface area contributed by atoms with Crippen LogP contribution in [0.2, 0.25) is 0 Å². The third kappa shape index (κ3) is 4.20. The molecule has 0 spiro atoms. The number of nitrogens with one attached hydrogen (secondary N) is 1. The Balaban J connectivity index is 1.94.